The molecule has 1 unspecified atom stereocenters. The molecule has 1 atom stereocenters. The smallest absolute Gasteiger partial charge is 0.251 e. The van der Waals surface area contributed by atoms with Crippen molar-refractivity contribution in [3.05, 3.63) is 33.9 Å². The number of nitrogens with one attached hydrogen (secondary N) is 1. The van der Waals surface area contributed by atoms with E-state index in [1.807, 2.05) is 30.6 Å². The molecule has 1 aliphatic carbocycles. The van der Waals surface area contributed by atoms with Gasteiger partial charge in [0.15, 0.2) is 0 Å². The van der Waals surface area contributed by atoms with E-state index in [0.717, 1.165) is 36.1 Å². The molecule has 0 radical (unpaired) electrons. The number of likely N-dealkylation sites (tertiary alicyclic amines) is 2. The lowest BCUT2D eigenvalue weighted by atomic mass is 9.86. The molecule has 6 heteroatoms. The van der Waals surface area contributed by atoms with Gasteiger partial charge in [-0.05, 0) is 56.2 Å². The Morgan fingerprint density at radius 1 is 1.03 bits per heavy atom. The molecule has 1 spiro atoms. The van der Waals surface area contributed by atoms with Gasteiger partial charge in [0.25, 0.3) is 5.56 Å². The predicted molar refractivity (Wildman–Crippen MR) is 137 cm³/mol. The summed E-state index contributed by atoms with van der Waals surface area (Å²) in [7, 11) is 1.69. The summed E-state index contributed by atoms with van der Waals surface area (Å²) in [5.74, 6) is 1.81. The van der Waals surface area contributed by atoms with E-state index in [4.69, 9.17) is 4.74 Å². The average Bonchev–Trinajstić information content (AvgIpc) is 3.45. The second kappa shape index (κ2) is 11.1. The molecule has 1 aromatic rings. The second-order valence-electron chi connectivity index (χ2n) is 10.3. The number of ether oxygens (including phenoxy) is 1. The zero-order valence-electron chi connectivity index (χ0n) is 21.1. The minimum atomic E-state index is 0.0718. The van der Waals surface area contributed by atoms with Crippen molar-refractivity contribution >= 4 is 11.8 Å². The van der Waals surface area contributed by atoms with E-state index in [0.29, 0.717) is 12.0 Å². The molecule has 4 heterocycles. The van der Waals surface area contributed by atoms with Gasteiger partial charge in [-0.25, -0.2) is 0 Å². The van der Waals surface area contributed by atoms with E-state index in [1.54, 1.807) is 13.2 Å². The molecule has 4 aliphatic rings. The maximum Gasteiger partial charge on any atom is 0.251 e. The highest BCUT2D eigenvalue weighted by Crippen LogP contribution is 2.40. The second-order valence-corrected chi connectivity index (χ2v) is 10.3. The monoisotopic (exact) mass is 456 g/mol. The summed E-state index contributed by atoms with van der Waals surface area (Å²) in [6.07, 6.45) is 11.9. The van der Waals surface area contributed by atoms with Crippen LogP contribution in [0.25, 0.3) is 6.08 Å². The van der Waals surface area contributed by atoms with Crippen molar-refractivity contribution in [2.45, 2.75) is 65.3 Å². The van der Waals surface area contributed by atoms with Gasteiger partial charge in [0.1, 0.15) is 5.76 Å². The number of anilines is 1. The third-order valence-corrected chi connectivity index (χ3v) is 8.15. The van der Waals surface area contributed by atoms with Gasteiger partial charge >= 0.3 is 0 Å². The molecule has 3 aliphatic heterocycles. The third-order valence-electron chi connectivity index (χ3n) is 8.15. The van der Waals surface area contributed by atoms with Crippen molar-refractivity contribution in [1.29, 1.82) is 0 Å². The number of nitrogens with zero attached hydrogens (tertiary/aromatic N) is 3. The molecular weight excluding hydrogens is 412 g/mol. The first-order valence-corrected chi connectivity index (χ1v) is 13.3. The number of aromatic nitrogens is 1. The van der Waals surface area contributed by atoms with E-state index in [9.17, 15) is 4.79 Å². The largest absolute Gasteiger partial charge is 0.499 e. The van der Waals surface area contributed by atoms with Gasteiger partial charge in [-0.3, -0.25) is 4.79 Å². The molecule has 5 rings (SSSR count). The summed E-state index contributed by atoms with van der Waals surface area (Å²) in [4.78, 5) is 18.0. The highest BCUT2D eigenvalue weighted by atomic mass is 16.5. The molecule has 3 fully saturated rings. The standard InChI is InChI=1S/C25H38N4O2.C2H6/c1-31-21-15-23-22(26-16-21)7-8-24(30)29(23)14-13-27-11-9-25(18-27)10-12-28(19-25)17-20-5-3-2-4-6-20;1-2/h7-8,15,20,26H,2-6,9-14,16-19H2,1H3;1-2H3. The van der Waals surface area contributed by atoms with Crippen LogP contribution in [0, 0.1) is 11.3 Å². The molecule has 0 bridgehead atoms. The number of rotatable bonds is 6. The van der Waals surface area contributed by atoms with Gasteiger partial charge < -0.3 is 24.4 Å². The van der Waals surface area contributed by atoms with Gasteiger partial charge in [0, 0.05) is 44.9 Å². The Bertz CT molecular complexity index is 873. The molecule has 33 heavy (non-hydrogen) atoms. The Labute approximate surface area is 200 Å². The van der Waals surface area contributed by atoms with Crippen LogP contribution in [0.3, 0.4) is 0 Å². The molecule has 0 aromatic carbocycles. The Morgan fingerprint density at radius 3 is 2.52 bits per heavy atom. The maximum absolute atomic E-state index is 12.6. The average molecular weight is 457 g/mol. The summed E-state index contributed by atoms with van der Waals surface area (Å²) in [5.41, 5.74) is 2.53. The molecular formula is C27H44N4O2. The van der Waals surface area contributed by atoms with Crippen LogP contribution in [0.5, 0.6) is 0 Å². The molecule has 2 saturated heterocycles. The van der Waals surface area contributed by atoms with E-state index in [1.165, 1.54) is 77.7 Å². The fourth-order valence-electron chi connectivity index (χ4n) is 6.36. The van der Waals surface area contributed by atoms with Crippen molar-refractivity contribution < 1.29 is 4.74 Å². The molecule has 184 valence electrons. The lowest BCUT2D eigenvalue weighted by Gasteiger charge is -2.29. The molecule has 1 saturated carbocycles. The van der Waals surface area contributed by atoms with Gasteiger partial charge in [-0.2, -0.15) is 0 Å². The van der Waals surface area contributed by atoms with Crippen molar-refractivity contribution in [1.82, 2.24) is 14.4 Å². The molecule has 0 amide bonds. The lowest BCUT2D eigenvalue weighted by molar-refractivity contribution is 0.200. The molecule has 6 nitrogen and oxygen atoms in total. The maximum atomic E-state index is 12.6. The van der Waals surface area contributed by atoms with Crippen molar-refractivity contribution in [3.8, 4) is 0 Å². The quantitative estimate of drug-likeness (QED) is 0.693. The first kappa shape index (κ1) is 24.3. The SMILES string of the molecule is CC.COC1=Cc2c(ccc(=O)n2CCN2CCC3(CCN(CC4CCCCC4)C3)C2)NC1. The van der Waals surface area contributed by atoms with Crippen LogP contribution in [-0.2, 0) is 11.3 Å². The first-order chi connectivity index (χ1) is 16.1. The van der Waals surface area contributed by atoms with Gasteiger partial charge in [0.2, 0.25) is 0 Å². The van der Waals surface area contributed by atoms with Crippen LogP contribution in [-0.4, -0.2) is 67.3 Å². The van der Waals surface area contributed by atoms with Gasteiger partial charge in [-0.1, -0.05) is 33.1 Å². The van der Waals surface area contributed by atoms with Crippen molar-refractivity contribution in [2.75, 3.05) is 58.2 Å². The summed E-state index contributed by atoms with van der Waals surface area (Å²) >= 11 is 0. The highest BCUT2D eigenvalue weighted by molar-refractivity contribution is 5.68. The minimum Gasteiger partial charge on any atom is -0.499 e. The van der Waals surface area contributed by atoms with E-state index in [2.05, 4.69) is 15.1 Å². The Kier molecular flexibility index (Phi) is 8.18. The fraction of sp³-hybridized carbons (Fsp3) is 0.741. The van der Waals surface area contributed by atoms with Gasteiger partial charge in [-0.15, -0.1) is 0 Å². The molecule has 1 aromatic heterocycles. The lowest BCUT2D eigenvalue weighted by Crippen LogP contribution is -2.35. The molecule has 1 N–H and O–H groups in total. The Morgan fingerprint density at radius 2 is 1.76 bits per heavy atom. The number of fused-ring (bicyclic) bond motifs is 1. The van der Waals surface area contributed by atoms with Crippen LogP contribution in [0.15, 0.2) is 22.7 Å². The predicted octanol–water partition coefficient (Wildman–Crippen LogP) is 4.27. The Hall–Kier alpha value is -1.79. The number of hydrogen-bond acceptors (Lipinski definition) is 5. The summed E-state index contributed by atoms with van der Waals surface area (Å²) < 4.78 is 7.33. The number of hydrogen-bond donors (Lipinski definition) is 1. The number of pyridine rings is 1. The van der Waals surface area contributed by atoms with Gasteiger partial charge in [0.05, 0.1) is 25.0 Å². The zero-order chi connectivity index (χ0) is 23.3. The summed E-state index contributed by atoms with van der Waals surface area (Å²) in [6, 6.07) is 3.57. The Balaban J connectivity index is 0.00000126. The van der Waals surface area contributed by atoms with Crippen LogP contribution in [0.4, 0.5) is 5.69 Å². The van der Waals surface area contributed by atoms with Crippen LogP contribution in [0.2, 0.25) is 0 Å². The van der Waals surface area contributed by atoms with Crippen molar-refractivity contribution in [3.63, 3.8) is 0 Å². The van der Waals surface area contributed by atoms with E-state index < -0.39 is 0 Å². The third kappa shape index (κ3) is 5.65. The van der Waals surface area contributed by atoms with Crippen LogP contribution >= 0.6 is 0 Å². The summed E-state index contributed by atoms with van der Waals surface area (Å²) in [5, 5.41) is 3.36. The van der Waals surface area contributed by atoms with E-state index >= 15 is 0 Å². The minimum absolute atomic E-state index is 0.0718. The normalized spacial score (nSPS) is 25.8. The fourth-order valence-corrected chi connectivity index (χ4v) is 6.36. The summed E-state index contributed by atoms with van der Waals surface area (Å²) in [6.45, 7) is 12.6. The topological polar surface area (TPSA) is 49.7 Å². The van der Waals surface area contributed by atoms with Crippen molar-refractivity contribution in [2.24, 2.45) is 11.3 Å². The van der Waals surface area contributed by atoms with Crippen LogP contribution < -0.4 is 10.9 Å². The number of methoxy groups -OCH3 is 1. The first-order valence-electron chi connectivity index (χ1n) is 13.3. The van der Waals surface area contributed by atoms with E-state index in [-0.39, 0.29) is 5.56 Å². The highest BCUT2D eigenvalue weighted by Gasteiger charge is 2.43. The van der Waals surface area contributed by atoms with Crippen LogP contribution in [0.1, 0.15) is 64.5 Å². The zero-order valence-corrected chi connectivity index (χ0v) is 21.1.